The number of aromatic hydroxyl groups is 1. The number of anilines is 1. The summed E-state index contributed by atoms with van der Waals surface area (Å²) in [5.41, 5.74) is 2.27. The van der Waals surface area contributed by atoms with Crippen molar-refractivity contribution in [1.29, 1.82) is 0 Å². The fraction of sp³-hybridized carbons (Fsp3) is 0.111. The summed E-state index contributed by atoms with van der Waals surface area (Å²) < 4.78 is 0. The van der Waals surface area contributed by atoms with Gasteiger partial charge in [0.2, 0.25) is 0 Å². The van der Waals surface area contributed by atoms with E-state index < -0.39 is 0 Å². The molecule has 0 saturated carbocycles. The van der Waals surface area contributed by atoms with Gasteiger partial charge in [0.1, 0.15) is 0 Å². The molecule has 1 aromatic carbocycles. The highest BCUT2D eigenvalue weighted by Gasteiger charge is 2.17. The number of phenolic OH excluding ortho intramolecular Hbond substituents is 1. The Morgan fingerprint density at radius 2 is 1.46 bits per heavy atom. The maximum Gasteiger partial charge on any atom is 0.157 e. The second-order valence-electron chi connectivity index (χ2n) is 5.25. The van der Waals surface area contributed by atoms with Crippen LogP contribution < -0.4 is 4.90 Å². The predicted molar refractivity (Wildman–Crippen MR) is 96.5 cm³/mol. The van der Waals surface area contributed by atoms with Crippen molar-refractivity contribution in [2.24, 2.45) is 0 Å². The van der Waals surface area contributed by atoms with Crippen LogP contribution in [0.25, 0.3) is 0 Å². The third-order valence-corrected chi connectivity index (χ3v) is 4.01. The first-order valence-corrected chi connectivity index (χ1v) is 8.12. The van der Waals surface area contributed by atoms with Crippen molar-refractivity contribution in [2.75, 3.05) is 4.90 Å². The Morgan fingerprint density at radius 1 is 0.875 bits per heavy atom. The molecule has 0 aliphatic rings. The van der Waals surface area contributed by atoms with E-state index in [-0.39, 0.29) is 10.8 Å². The van der Waals surface area contributed by atoms with Crippen LogP contribution in [0.3, 0.4) is 0 Å². The van der Waals surface area contributed by atoms with E-state index in [1.54, 1.807) is 18.5 Å². The standard InChI is InChI=1S/C18H15Cl2N3O/c19-13-9-16(20)18(24)17(10-13)23(11-14-5-1-3-7-21-14)12-15-6-2-4-8-22-15/h1-10,24H,11-12H2. The monoisotopic (exact) mass is 359 g/mol. The van der Waals surface area contributed by atoms with Gasteiger partial charge in [0.05, 0.1) is 35.2 Å². The Morgan fingerprint density at radius 3 is 1.96 bits per heavy atom. The van der Waals surface area contributed by atoms with E-state index in [9.17, 15) is 5.11 Å². The number of benzene rings is 1. The molecule has 0 aliphatic carbocycles. The molecule has 6 heteroatoms. The number of aromatic nitrogens is 2. The molecule has 0 amide bonds. The van der Waals surface area contributed by atoms with Crippen molar-refractivity contribution in [3.8, 4) is 5.75 Å². The van der Waals surface area contributed by atoms with Crippen LogP contribution in [0.2, 0.25) is 10.0 Å². The smallest absolute Gasteiger partial charge is 0.157 e. The van der Waals surface area contributed by atoms with Gasteiger partial charge in [-0.1, -0.05) is 35.3 Å². The molecule has 0 radical (unpaired) electrons. The van der Waals surface area contributed by atoms with Crippen LogP contribution in [0, 0.1) is 0 Å². The molecule has 4 nitrogen and oxygen atoms in total. The molecule has 0 saturated heterocycles. The van der Waals surface area contributed by atoms with Crippen molar-refractivity contribution in [1.82, 2.24) is 9.97 Å². The van der Waals surface area contributed by atoms with Gasteiger partial charge in [-0.3, -0.25) is 9.97 Å². The van der Waals surface area contributed by atoms with E-state index in [0.29, 0.717) is 23.8 Å². The number of nitrogens with zero attached hydrogens (tertiary/aromatic N) is 3. The number of hydrogen-bond acceptors (Lipinski definition) is 4. The van der Waals surface area contributed by atoms with Crippen LogP contribution in [0.5, 0.6) is 5.75 Å². The second kappa shape index (κ2) is 7.51. The summed E-state index contributed by atoms with van der Waals surface area (Å²) in [5, 5.41) is 11.0. The quantitative estimate of drug-likeness (QED) is 0.717. The van der Waals surface area contributed by atoms with Crippen molar-refractivity contribution >= 4 is 28.9 Å². The van der Waals surface area contributed by atoms with Crippen LogP contribution >= 0.6 is 23.2 Å². The molecular weight excluding hydrogens is 345 g/mol. The topological polar surface area (TPSA) is 49.2 Å². The van der Waals surface area contributed by atoms with E-state index in [4.69, 9.17) is 23.2 Å². The van der Waals surface area contributed by atoms with Gasteiger partial charge in [-0.25, -0.2) is 0 Å². The van der Waals surface area contributed by atoms with Gasteiger partial charge in [-0.2, -0.15) is 0 Å². The molecule has 0 aliphatic heterocycles. The van der Waals surface area contributed by atoms with Crippen molar-refractivity contribution in [3.05, 3.63) is 82.4 Å². The zero-order valence-electron chi connectivity index (χ0n) is 12.7. The van der Waals surface area contributed by atoms with E-state index in [2.05, 4.69) is 9.97 Å². The first-order valence-electron chi connectivity index (χ1n) is 7.36. The average molecular weight is 360 g/mol. The molecule has 0 fully saturated rings. The Labute approximate surface area is 150 Å². The molecule has 3 rings (SSSR count). The molecule has 2 aromatic heterocycles. The van der Waals surface area contributed by atoms with E-state index in [1.807, 2.05) is 41.3 Å². The zero-order chi connectivity index (χ0) is 16.9. The molecule has 0 unspecified atom stereocenters. The minimum atomic E-state index is -0.00655. The highest BCUT2D eigenvalue weighted by molar-refractivity contribution is 6.36. The maximum atomic E-state index is 10.4. The van der Waals surface area contributed by atoms with Gasteiger partial charge in [0, 0.05) is 17.4 Å². The summed E-state index contributed by atoms with van der Waals surface area (Å²) in [4.78, 5) is 10.6. The van der Waals surface area contributed by atoms with Crippen LogP contribution in [-0.4, -0.2) is 15.1 Å². The van der Waals surface area contributed by atoms with Crippen molar-refractivity contribution in [3.63, 3.8) is 0 Å². The summed E-state index contributed by atoms with van der Waals surface area (Å²) in [6.45, 7) is 0.975. The third-order valence-electron chi connectivity index (χ3n) is 3.51. The molecule has 0 bridgehead atoms. The van der Waals surface area contributed by atoms with Gasteiger partial charge >= 0.3 is 0 Å². The summed E-state index contributed by atoms with van der Waals surface area (Å²) in [7, 11) is 0. The molecule has 0 atom stereocenters. The lowest BCUT2D eigenvalue weighted by molar-refractivity contribution is 0.473. The maximum absolute atomic E-state index is 10.4. The van der Waals surface area contributed by atoms with Crippen LogP contribution in [0.15, 0.2) is 60.9 Å². The first-order chi connectivity index (χ1) is 11.6. The normalized spacial score (nSPS) is 10.6. The molecule has 2 heterocycles. The number of halogens is 2. The Kier molecular flexibility index (Phi) is 5.18. The van der Waals surface area contributed by atoms with E-state index >= 15 is 0 Å². The molecule has 1 N–H and O–H groups in total. The summed E-state index contributed by atoms with van der Waals surface area (Å²) >= 11 is 12.2. The number of phenols is 1. The predicted octanol–water partition coefficient (Wildman–Crippen LogP) is 4.70. The SMILES string of the molecule is Oc1c(Cl)cc(Cl)cc1N(Cc1ccccn1)Cc1ccccn1. The number of hydrogen-bond donors (Lipinski definition) is 1. The highest BCUT2D eigenvalue weighted by atomic mass is 35.5. The Balaban J connectivity index is 1.98. The van der Waals surface area contributed by atoms with Gasteiger partial charge < -0.3 is 10.0 Å². The molecule has 3 aromatic rings. The fourth-order valence-electron chi connectivity index (χ4n) is 2.39. The minimum Gasteiger partial charge on any atom is -0.504 e. The second-order valence-corrected chi connectivity index (χ2v) is 6.10. The Hall–Kier alpha value is -2.30. The minimum absolute atomic E-state index is 0.00655. The molecular formula is C18H15Cl2N3O. The largest absolute Gasteiger partial charge is 0.504 e. The van der Waals surface area contributed by atoms with Gasteiger partial charge in [0.15, 0.2) is 5.75 Å². The lowest BCUT2D eigenvalue weighted by atomic mass is 10.2. The van der Waals surface area contributed by atoms with Gasteiger partial charge in [-0.15, -0.1) is 0 Å². The van der Waals surface area contributed by atoms with Gasteiger partial charge in [0.25, 0.3) is 0 Å². The fourth-order valence-corrected chi connectivity index (χ4v) is 2.88. The van der Waals surface area contributed by atoms with E-state index in [1.165, 1.54) is 6.07 Å². The van der Waals surface area contributed by atoms with Crippen LogP contribution in [0.1, 0.15) is 11.4 Å². The number of rotatable bonds is 5. The lowest BCUT2D eigenvalue weighted by Gasteiger charge is -2.25. The average Bonchev–Trinajstić information content (AvgIpc) is 2.59. The first kappa shape index (κ1) is 16.6. The summed E-state index contributed by atoms with van der Waals surface area (Å²) in [6, 6.07) is 14.6. The van der Waals surface area contributed by atoms with Crippen LogP contribution in [0.4, 0.5) is 5.69 Å². The molecule has 122 valence electrons. The molecule has 0 spiro atoms. The zero-order valence-corrected chi connectivity index (χ0v) is 14.2. The number of pyridine rings is 2. The molecule has 24 heavy (non-hydrogen) atoms. The van der Waals surface area contributed by atoms with E-state index in [0.717, 1.165) is 11.4 Å². The summed E-state index contributed by atoms with van der Waals surface area (Å²) in [6.07, 6.45) is 3.47. The highest BCUT2D eigenvalue weighted by Crippen LogP contribution is 2.38. The summed E-state index contributed by atoms with van der Waals surface area (Å²) in [5.74, 6) is -0.00655. The lowest BCUT2D eigenvalue weighted by Crippen LogP contribution is -2.23. The van der Waals surface area contributed by atoms with Crippen molar-refractivity contribution < 1.29 is 5.11 Å². The van der Waals surface area contributed by atoms with Crippen LogP contribution in [-0.2, 0) is 13.1 Å². The Bertz CT molecular complexity index is 772. The van der Waals surface area contributed by atoms with Gasteiger partial charge in [-0.05, 0) is 36.4 Å². The van der Waals surface area contributed by atoms with Crippen molar-refractivity contribution in [2.45, 2.75) is 13.1 Å². The third kappa shape index (κ3) is 3.96.